The van der Waals surface area contributed by atoms with Gasteiger partial charge in [0.25, 0.3) is 0 Å². The van der Waals surface area contributed by atoms with Crippen LogP contribution >= 0.6 is 23.5 Å². The molecular formula is C8H13ClN4S. The minimum atomic E-state index is 0.410. The van der Waals surface area contributed by atoms with Crippen LogP contribution in [-0.4, -0.2) is 33.4 Å². The zero-order valence-electron chi connectivity index (χ0n) is 7.98. The van der Waals surface area contributed by atoms with Crippen LogP contribution in [0.4, 0.5) is 5.69 Å². The van der Waals surface area contributed by atoms with Gasteiger partial charge >= 0.3 is 0 Å². The van der Waals surface area contributed by atoms with Crippen molar-refractivity contribution in [1.82, 2.24) is 14.1 Å². The molecule has 1 unspecified atom stereocenters. The van der Waals surface area contributed by atoms with Crippen molar-refractivity contribution < 1.29 is 0 Å². The van der Waals surface area contributed by atoms with Crippen molar-refractivity contribution in [2.75, 3.05) is 25.1 Å². The number of anilines is 1. The van der Waals surface area contributed by atoms with Gasteiger partial charge in [-0.2, -0.15) is 5.10 Å². The number of hydrogen-bond donors (Lipinski definition) is 1. The molecule has 2 N–H and O–H groups in total. The molecule has 1 saturated heterocycles. The van der Waals surface area contributed by atoms with Gasteiger partial charge in [-0.05, 0) is 12.7 Å². The molecule has 6 heteroatoms. The summed E-state index contributed by atoms with van der Waals surface area (Å²) >= 11 is 7.57. The molecule has 0 spiro atoms. The lowest BCUT2D eigenvalue weighted by Crippen LogP contribution is -2.14. The molecule has 1 aromatic rings. The number of aromatic nitrogens is 2. The van der Waals surface area contributed by atoms with Crippen LogP contribution in [0.5, 0.6) is 0 Å². The largest absolute Gasteiger partial charge is 0.395 e. The van der Waals surface area contributed by atoms with Gasteiger partial charge in [0, 0.05) is 19.3 Å². The monoisotopic (exact) mass is 232 g/mol. The number of halogens is 1. The van der Waals surface area contributed by atoms with Crippen molar-refractivity contribution in [1.29, 1.82) is 0 Å². The summed E-state index contributed by atoms with van der Waals surface area (Å²) in [5.41, 5.74) is 6.21. The summed E-state index contributed by atoms with van der Waals surface area (Å²) in [5, 5.41) is 4.59. The summed E-state index contributed by atoms with van der Waals surface area (Å²) in [6.07, 6.45) is 5.02. The second-order valence-electron chi connectivity index (χ2n) is 3.37. The van der Waals surface area contributed by atoms with E-state index >= 15 is 0 Å². The summed E-state index contributed by atoms with van der Waals surface area (Å²) in [6.45, 7) is 2.11. The van der Waals surface area contributed by atoms with Crippen LogP contribution in [0.1, 0.15) is 12.5 Å². The number of nitrogens with zero attached hydrogens (tertiary/aromatic N) is 3. The molecule has 1 fully saturated rings. The van der Waals surface area contributed by atoms with Crippen LogP contribution in [0, 0.1) is 0 Å². The summed E-state index contributed by atoms with van der Waals surface area (Å²) in [5.74, 6) is 0. The van der Waals surface area contributed by atoms with Gasteiger partial charge in [0.2, 0.25) is 0 Å². The van der Waals surface area contributed by atoms with E-state index in [1.165, 1.54) is 0 Å². The Morgan fingerprint density at radius 1 is 1.71 bits per heavy atom. The van der Waals surface area contributed by atoms with E-state index in [0.717, 1.165) is 19.5 Å². The molecule has 1 aliphatic rings. The van der Waals surface area contributed by atoms with Gasteiger partial charge in [-0.25, -0.2) is 4.31 Å². The normalized spacial score (nSPS) is 23.1. The average Bonchev–Trinajstić information content (AvgIpc) is 2.74. The van der Waals surface area contributed by atoms with Gasteiger partial charge in [-0.15, -0.1) is 0 Å². The highest BCUT2D eigenvalue weighted by Crippen LogP contribution is 2.27. The first-order valence-corrected chi connectivity index (χ1v) is 6.06. The molecule has 78 valence electrons. The molecule has 1 aliphatic heterocycles. The molecule has 0 aromatic carbocycles. The molecule has 0 radical (unpaired) electrons. The molecular weight excluding hydrogens is 220 g/mol. The third-order valence-electron chi connectivity index (χ3n) is 2.47. The fourth-order valence-corrected chi connectivity index (χ4v) is 2.41. The number of nitrogens with two attached hydrogens (primary N) is 1. The Morgan fingerprint density at radius 2 is 2.50 bits per heavy atom. The lowest BCUT2D eigenvalue weighted by molar-refractivity contribution is 0.465. The molecule has 2 heterocycles. The first-order chi connectivity index (χ1) is 6.70. The smallest absolute Gasteiger partial charge is 0.173 e. The van der Waals surface area contributed by atoms with E-state index in [4.69, 9.17) is 17.3 Å². The van der Waals surface area contributed by atoms with Crippen molar-refractivity contribution in [3.05, 3.63) is 11.3 Å². The Morgan fingerprint density at radius 3 is 3.00 bits per heavy atom. The fourth-order valence-electron chi connectivity index (χ4n) is 1.66. The molecule has 14 heavy (non-hydrogen) atoms. The zero-order chi connectivity index (χ0) is 10.1. The lowest BCUT2D eigenvalue weighted by atomic mass is 10.3. The van der Waals surface area contributed by atoms with Crippen molar-refractivity contribution in [3.63, 3.8) is 0 Å². The number of rotatable bonds is 2. The third-order valence-corrected chi connectivity index (χ3v) is 3.61. The Labute approximate surface area is 92.5 Å². The molecule has 0 saturated carbocycles. The maximum Gasteiger partial charge on any atom is 0.173 e. The van der Waals surface area contributed by atoms with Crippen molar-refractivity contribution >= 4 is 29.2 Å². The van der Waals surface area contributed by atoms with Crippen LogP contribution in [-0.2, 0) is 0 Å². The highest BCUT2D eigenvalue weighted by atomic mass is 35.5. The standard InChI is InChI=1S/C8H13ClN4S/c1-14-12-3-2-6(4-12)13-5-7(10)8(9)11-13/h5-6H,2-4,10H2,1H3. The highest BCUT2D eigenvalue weighted by Gasteiger charge is 2.24. The first kappa shape index (κ1) is 10.1. The van der Waals surface area contributed by atoms with Gasteiger partial charge in [-0.1, -0.05) is 23.5 Å². The summed E-state index contributed by atoms with van der Waals surface area (Å²) in [6, 6.07) is 0.414. The van der Waals surface area contributed by atoms with E-state index < -0.39 is 0 Å². The topological polar surface area (TPSA) is 47.1 Å². The second-order valence-corrected chi connectivity index (χ2v) is 4.61. The van der Waals surface area contributed by atoms with Gasteiger partial charge in [0.1, 0.15) is 0 Å². The van der Waals surface area contributed by atoms with Crippen molar-refractivity contribution in [3.8, 4) is 0 Å². The minimum Gasteiger partial charge on any atom is -0.395 e. The summed E-state index contributed by atoms with van der Waals surface area (Å²) < 4.78 is 4.20. The zero-order valence-corrected chi connectivity index (χ0v) is 9.55. The summed E-state index contributed by atoms with van der Waals surface area (Å²) in [7, 11) is 0. The van der Waals surface area contributed by atoms with Crippen LogP contribution in [0.2, 0.25) is 5.15 Å². The van der Waals surface area contributed by atoms with E-state index in [2.05, 4.69) is 15.7 Å². The maximum atomic E-state index is 5.80. The third kappa shape index (κ3) is 1.85. The van der Waals surface area contributed by atoms with Crippen LogP contribution in [0.3, 0.4) is 0 Å². The first-order valence-electron chi connectivity index (χ1n) is 4.50. The predicted molar refractivity (Wildman–Crippen MR) is 60.4 cm³/mol. The number of nitrogen functional groups attached to an aromatic ring is 1. The van der Waals surface area contributed by atoms with E-state index in [1.54, 1.807) is 11.9 Å². The molecule has 4 nitrogen and oxygen atoms in total. The minimum absolute atomic E-state index is 0.410. The Balaban J connectivity index is 2.09. The molecule has 1 atom stereocenters. The van der Waals surface area contributed by atoms with Gasteiger partial charge in [-0.3, -0.25) is 4.68 Å². The van der Waals surface area contributed by atoms with E-state index in [-0.39, 0.29) is 0 Å². The van der Waals surface area contributed by atoms with Crippen LogP contribution in [0.15, 0.2) is 6.20 Å². The second kappa shape index (κ2) is 4.00. The van der Waals surface area contributed by atoms with Crippen molar-refractivity contribution in [2.24, 2.45) is 0 Å². The fraction of sp³-hybridized carbons (Fsp3) is 0.625. The Bertz CT molecular complexity index is 308. The lowest BCUT2D eigenvalue weighted by Gasteiger charge is -2.12. The predicted octanol–water partition coefficient (Wildman–Crippen LogP) is 1.64. The molecule has 2 rings (SSSR count). The van der Waals surface area contributed by atoms with E-state index in [9.17, 15) is 0 Å². The molecule has 0 bridgehead atoms. The summed E-state index contributed by atoms with van der Waals surface area (Å²) in [4.78, 5) is 0. The number of hydrogen-bond acceptors (Lipinski definition) is 4. The highest BCUT2D eigenvalue weighted by molar-refractivity contribution is 7.96. The Hall–Kier alpha value is -0.390. The molecule has 1 aromatic heterocycles. The maximum absolute atomic E-state index is 5.80. The van der Waals surface area contributed by atoms with Crippen LogP contribution in [0.25, 0.3) is 0 Å². The van der Waals surface area contributed by atoms with Gasteiger partial charge < -0.3 is 5.73 Å². The van der Waals surface area contributed by atoms with E-state index in [0.29, 0.717) is 16.9 Å². The Kier molecular flexibility index (Phi) is 2.90. The average molecular weight is 233 g/mol. The quantitative estimate of drug-likeness (QED) is 0.788. The van der Waals surface area contributed by atoms with Gasteiger partial charge in [0.15, 0.2) is 5.15 Å². The molecule has 0 amide bonds. The van der Waals surface area contributed by atoms with Crippen molar-refractivity contribution in [2.45, 2.75) is 12.5 Å². The SMILES string of the molecule is CSN1CCC(n2cc(N)c(Cl)n2)C1. The van der Waals surface area contributed by atoms with E-state index in [1.807, 2.05) is 10.9 Å². The molecule has 0 aliphatic carbocycles. The van der Waals surface area contributed by atoms with Gasteiger partial charge in [0.05, 0.1) is 11.7 Å². The van der Waals surface area contributed by atoms with Crippen LogP contribution < -0.4 is 5.73 Å².